The van der Waals surface area contributed by atoms with Crippen LogP contribution >= 0.6 is 0 Å². The predicted molar refractivity (Wildman–Crippen MR) is 102 cm³/mol. The van der Waals surface area contributed by atoms with Crippen molar-refractivity contribution in [2.75, 3.05) is 13.2 Å². The van der Waals surface area contributed by atoms with Gasteiger partial charge in [0.1, 0.15) is 23.6 Å². The lowest BCUT2D eigenvalue weighted by molar-refractivity contribution is 0.270. The van der Waals surface area contributed by atoms with Gasteiger partial charge >= 0.3 is 0 Å². The summed E-state index contributed by atoms with van der Waals surface area (Å²) in [5.41, 5.74) is 2.71. The van der Waals surface area contributed by atoms with Crippen LogP contribution in [-0.4, -0.2) is 13.2 Å². The van der Waals surface area contributed by atoms with Gasteiger partial charge in [0.25, 0.3) is 0 Å². The second kappa shape index (κ2) is 8.92. The van der Waals surface area contributed by atoms with E-state index >= 15 is 0 Å². The van der Waals surface area contributed by atoms with Crippen LogP contribution < -0.4 is 9.47 Å². The van der Waals surface area contributed by atoms with E-state index in [1.165, 1.54) is 0 Å². The topological polar surface area (TPSA) is 66.0 Å². The fourth-order valence-electron chi connectivity index (χ4n) is 2.36. The summed E-state index contributed by atoms with van der Waals surface area (Å²) in [6.45, 7) is 9.38. The average Bonchev–Trinajstić information content (AvgIpc) is 2.64. The lowest BCUT2D eigenvalue weighted by Crippen LogP contribution is -2.06. The summed E-state index contributed by atoms with van der Waals surface area (Å²) in [5.74, 6) is 1.94. The van der Waals surface area contributed by atoms with Crippen molar-refractivity contribution in [3.63, 3.8) is 0 Å². The van der Waals surface area contributed by atoms with Gasteiger partial charge in [-0.15, -0.1) is 0 Å². The van der Waals surface area contributed by atoms with Crippen molar-refractivity contribution in [1.29, 1.82) is 10.5 Å². The van der Waals surface area contributed by atoms with E-state index in [-0.39, 0.29) is 0 Å². The van der Waals surface area contributed by atoms with E-state index < -0.39 is 0 Å². The molecule has 0 heterocycles. The van der Waals surface area contributed by atoms with Gasteiger partial charge in [-0.2, -0.15) is 10.5 Å². The Labute approximate surface area is 155 Å². The van der Waals surface area contributed by atoms with E-state index in [9.17, 15) is 10.5 Å². The third kappa shape index (κ3) is 5.01. The Morgan fingerprint density at radius 2 is 1.12 bits per heavy atom. The highest BCUT2D eigenvalue weighted by Gasteiger charge is 2.10. The van der Waals surface area contributed by atoms with Gasteiger partial charge in [-0.1, -0.05) is 39.8 Å². The zero-order chi connectivity index (χ0) is 19.1. The summed E-state index contributed by atoms with van der Waals surface area (Å²) >= 11 is 0. The first kappa shape index (κ1) is 19.3. The van der Waals surface area contributed by atoms with Crippen molar-refractivity contribution in [1.82, 2.24) is 0 Å². The minimum absolute atomic E-state index is 0.387. The van der Waals surface area contributed by atoms with Gasteiger partial charge in [0.05, 0.1) is 24.3 Å². The number of nitriles is 2. The summed E-state index contributed by atoms with van der Waals surface area (Å²) in [6.07, 6.45) is 0. The van der Waals surface area contributed by atoms with E-state index in [1.54, 1.807) is 12.1 Å². The molecule has 0 unspecified atom stereocenters. The van der Waals surface area contributed by atoms with Crippen molar-refractivity contribution in [2.24, 2.45) is 11.8 Å². The van der Waals surface area contributed by atoms with Crippen LogP contribution in [0.15, 0.2) is 36.4 Å². The number of hydrogen-bond donors (Lipinski definition) is 0. The lowest BCUT2D eigenvalue weighted by Gasteiger charge is -2.13. The summed E-state index contributed by atoms with van der Waals surface area (Å²) in [6, 6.07) is 15.4. The van der Waals surface area contributed by atoms with E-state index in [0.29, 0.717) is 47.7 Å². The molecule has 0 aliphatic carbocycles. The first-order valence-corrected chi connectivity index (χ1v) is 8.78. The number of rotatable bonds is 7. The Bertz CT molecular complexity index is 771. The first-order chi connectivity index (χ1) is 12.4. The molecule has 0 radical (unpaired) electrons. The monoisotopic (exact) mass is 348 g/mol. The fraction of sp³-hybridized carbons (Fsp3) is 0.364. The van der Waals surface area contributed by atoms with Gasteiger partial charge in [0, 0.05) is 0 Å². The third-order valence-electron chi connectivity index (χ3n) is 3.68. The van der Waals surface area contributed by atoms with Crippen molar-refractivity contribution in [3.8, 4) is 34.8 Å². The SMILES string of the molecule is CC(C)COc1ccc(-c2ccc(OCC(C)C)c(C#N)c2)cc1C#N. The fourth-order valence-corrected chi connectivity index (χ4v) is 2.36. The summed E-state index contributed by atoms with van der Waals surface area (Å²) in [7, 11) is 0. The van der Waals surface area contributed by atoms with Crippen LogP contribution in [0.2, 0.25) is 0 Å². The maximum atomic E-state index is 9.42. The van der Waals surface area contributed by atoms with Crippen molar-refractivity contribution in [3.05, 3.63) is 47.5 Å². The molecule has 0 N–H and O–H groups in total. The lowest BCUT2D eigenvalue weighted by atomic mass is 10.0. The van der Waals surface area contributed by atoms with Crippen LogP contribution in [0.5, 0.6) is 11.5 Å². The van der Waals surface area contributed by atoms with E-state index in [1.807, 2.05) is 24.3 Å². The molecule has 4 heteroatoms. The van der Waals surface area contributed by atoms with Gasteiger partial charge in [0.15, 0.2) is 0 Å². The summed E-state index contributed by atoms with van der Waals surface area (Å²) in [4.78, 5) is 0. The Kier molecular flexibility index (Phi) is 6.64. The summed E-state index contributed by atoms with van der Waals surface area (Å²) in [5, 5.41) is 18.8. The van der Waals surface area contributed by atoms with E-state index in [4.69, 9.17) is 9.47 Å². The minimum Gasteiger partial charge on any atom is -0.492 e. The highest BCUT2D eigenvalue weighted by molar-refractivity contribution is 5.70. The molecule has 0 aliphatic heterocycles. The number of benzene rings is 2. The van der Waals surface area contributed by atoms with Crippen molar-refractivity contribution in [2.45, 2.75) is 27.7 Å². The van der Waals surface area contributed by atoms with Crippen molar-refractivity contribution < 1.29 is 9.47 Å². The first-order valence-electron chi connectivity index (χ1n) is 8.78. The molecule has 2 aromatic carbocycles. The molecule has 26 heavy (non-hydrogen) atoms. The van der Waals surface area contributed by atoms with Crippen molar-refractivity contribution >= 4 is 0 Å². The number of hydrogen-bond acceptors (Lipinski definition) is 4. The highest BCUT2D eigenvalue weighted by Crippen LogP contribution is 2.30. The quantitative estimate of drug-likeness (QED) is 0.692. The van der Waals surface area contributed by atoms with E-state index in [2.05, 4.69) is 39.8 Å². The standard InChI is InChI=1S/C22H24N2O2/c1-15(2)13-25-21-7-5-17(9-19(21)11-23)18-6-8-22(20(10-18)12-24)26-14-16(3)4/h5-10,15-16H,13-14H2,1-4H3. The predicted octanol–water partition coefficient (Wildman–Crippen LogP) is 5.17. The van der Waals surface area contributed by atoms with Gasteiger partial charge in [-0.25, -0.2) is 0 Å². The van der Waals surface area contributed by atoms with Crippen LogP contribution in [-0.2, 0) is 0 Å². The van der Waals surface area contributed by atoms with Crippen LogP contribution in [0.3, 0.4) is 0 Å². The van der Waals surface area contributed by atoms with Gasteiger partial charge in [0.2, 0.25) is 0 Å². The van der Waals surface area contributed by atoms with Gasteiger partial charge < -0.3 is 9.47 Å². The molecule has 0 saturated carbocycles. The molecular weight excluding hydrogens is 324 g/mol. The number of nitrogens with zero attached hydrogens (tertiary/aromatic N) is 2. The maximum absolute atomic E-state index is 9.42. The molecule has 0 bridgehead atoms. The van der Waals surface area contributed by atoms with Crippen LogP contribution in [0.1, 0.15) is 38.8 Å². The van der Waals surface area contributed by atoms with Crippen LogP contribution in [0.25, 0.3) is 11.1 Å². The molecular formula is C22H24N2O2. The molecule has 0 atom stereocenters. The molecule has 0 saturated heterocycles. The Hall–Kier alpha value is -2.98. The van der Waals surface area contributed by atoms with Crippen LogP contribution in [0.4, 0.5) is 0 Å². The van der Waals surface area contributed by atoms with Gasteiger partial charge in [-0.3, -0.25) is 0 Å². The molecule has 4 nitrogen and oxygen atoms in total. The molecule has 0 amide bonds. The highest BCUT2D eigenvalue weighted by atomic mass is 16.5. The third-order valence-corrected chi connectivity index (χ3v) is 3.68. The Morgan fingerprint density at radius 1 is 0.731 bits per heavy atom. The smallest absolute Gasteiger partial charge is 0.137 e. The molecule has 0 fully saturated rings. The summed E-state index contributed by atoms with van der Waals surface area (Å²) < 4.78 is 11.4. The second-order valence-electron chi connectivity index (χ2n) is 7.06. The molecule has 2 rings (SSSR count). The molecule has 0 aliphatic rings. The minimum atomic E-state index is 0.387. The zero-order valence-electron chi connectivity index (χ0n) is 15.7. The Morgan fingerprint density at radius 3 is 1.42 bits per heavy atom. The molecule has 134 valence electrons. The zero-order valence-corrected chi connectivity index (χ0v) is 15.7. The Balaban J connectivity index is 2.30. The molecule has 0 spiro atoms. The largest absolute Gasteiger partial charge is 0.492 e. The molecule has 2 aromatic rings. The maximum Gasteiger partial charge on any atom is 0.137 e. The van der Waals surface area contributed by atoms with Crippen LogP contribution in [0, 0.1) is 34.5 Å². The normalized spacial score (nSPS) is 10.5. The van der Waals surface area contributed by atoms with E-state index in [0.717, 1.165) is 11.1 Å². The number of ether oxygens (including phenoxy) is 2. The second-order valence-corrected chi connectivity index (χ2v) is 7.06. The van der Waals surface area contributed by atoms with Gasteiger partial charge in [-0.05, 0) is 47.2 Å². The average molecular weight is 348 g/mol. The molecule has 0 aromatic heterocycles.